The van der Waals surface area contributed by atoms with Gasteiger partial charge in [-0.2, -0.15) is 5.10 Å². The maximum absolute atomic E-state index is 10.4. The van der Waals surface area contributed by atoms with Crippen LogP contribution >= 0.6 is 11.6 Å². The fourth-order valence-corrected chi connectivity index (χ4v) is 3.31. The van der Waals surface area contributed by atoms with E-state index in [9.17, 15) is 5.11 Å². The van der Waals surface area contributed by atoms with Crippen LogP contribution < -0.4 is 0 Å². The quantitative estimate of drug-likeness (QED) is 0.538. The van der Waals surface area contributed by atoms with Gasteiger partial charge in [0.2, 0.25) is 6.41 Å². The van der Waals surface area contributed by atoms with E-state index in [1.54, 1.807) is 0 Å². The molecule has 2 N–H and O–H groups in total. The first-order chi connectivity index (χ1) is 12.3. The molecule has 9 heteroatoms. The van der Waals surface area contributed by atoms with Crippen LogP contribution in [0.25, 0.3) is 22.3 Å². The number of aromatic nitrogens is 5. The van der Waals surface area contributed by atoms with E-state index in [1.165, 1.54) is 6.33 Å². The summed E-state index contributed by atoms with van der Waals surface area (Å²) in [5, 5.41) is 16.1. The monoisotopic (exact) mass is 376 g/mol. The molecule has 0 saturated carbocycles. The minimum Gasteiger partial charge on any atom is -0.356 e. The second kappa shape index (κ2) is 6.31. The van der Waals surface area contributed by atoms with Gasteiger partial charge < -0.3 is 14.8 Å². The first kappa shape index (κ1) is 17.4. The van der Waals surface area contributed by atoms with E-state index in [0.717, 1.165) is 22.3 Å². The SMILES string of the molecule is CC(C)(C)OC(O)N1CCn2ncc(-c3cc4c(Cl)ncnc4[nH]3)c2C1. The van der Waals surface area contributed by atoms with E-state index in [-0.39, 0.29) is 0 Å². The van der Waals surface area contributed by atoms with Crippen molar-refractivity contribution in [2.24, 2.45) is 0 Å². The standard InChI is InChI=1S/C17H21ClN6O2/c1-17(2,3)26-16(25)23-4-5-24-13(8-23)11(7-21-24)12-6-10-14(18)19-9-20-15(10)22-12/h6-7,9,16,25H,4-5,8H2,1-3H3,(H,19,20,22). The Morgan fingerprint density at radius 1 is 1.31 bits per heavy atom. The van der Waals surface area contributed by atoms with Crippen molar-refractivity contribution in [3.63, 3.8) is 0 Å². The average Bonchev–Trinajstić information content (AvgIpc) is 3.16. The molecule has 4 heterocycles. The summed E-state index contributed by atoms with van der Waals surface area (Å²) >= 11 is 6.15. The number of aromatic amines is 1. The minimum atomic E-state index is -0.963. The minimum absolute atomic E-state index is 0.411. The number of aliphatic hydroxyl groups is 1. The lowest BCUT2D eigenvalue weighted by Crippen LogP contribution is -2.45. The highest BCUT2D eigenvalue weighted by Gasteiger charge is 2.29. The van der Waals surface area contributed by atoms with Crippen molar-refractivity contribution in [1.29, 1.82) is 0 Å². The zero-order chi connectivity index (χ0) is 18.5. The third-order valence-corrected chi connectivity index (χ3v) is 4.64. The van der Waals surface area contributed by atoms with E-state index >= 15 is 0 Å². The molecule has 0 fully saturated rings. The Balaban J connectivity index is 1.65. The van der Waals surface area contributed by atoms with E-state index in [2.05, 4.69) is 20.1 Å². The zero-order valence-corrected chi connectivity index (χ0v) is 15.7. The van der Waals surface area contributed by atoms with Gasteiger partial charge in [0.25, 0.3) is 0 Å². The Morgan fingerprint density at radius 3 is 2.85 bits per heavy atom. The van der Waals surface area contributed by atoms with Crippen molar-refractivity contribution in [2.45, 2.75) is 45.9 Å². The molecule has 0 bridgehead atoms. The van der Waals surface area contributed by atoms with E-state index < -0.39 is 12.0 Å². The first-order valence-corrected chi connectivity index (χ1v) is 8.84. The molecule has 0 aliphatic carbocycles. The van der Waals surface area contributed by atoms with Crippen molar-refractivity contribution in [2.75, 3.05) is 6.54 Å². The van der Waals surface area contributed by atoms with Crippen molar-refractivity contribution < 1.29 is 9.84 Å². The van der Waals surface area contributed by atoms with Crippen LogP contribution in [0.3, 0.4) is 0 Å². The molecule has 4 rings (SSSR count). The number of hydrogen-bond acceptors (Lipinski definition) is 6. The largest absolute Gasteiger partial charge is 0.356 e. The van der Waals surface area contributed by atoms with Gasteiger partial charge in [-0.25, -0.2) is 14.9 Å². The molecule has 0 radical (unpaired) electrons. The second-order valence-electron chi connectivity index (χ2n) is 7.36. The van der Waals surface area contributed by atoms with Crippen LogP contribution in [0.1, 0.15) is 26.5 Å². The van der Waals surface area contributed by atoms with Gasteiger partial charge in [-0.15, -0.1) is 0 Å². The van der Waals surface area contributed by atoms with Gasteiger partial charge in [-0.05, 0) is 26.8 Å². The number of nitrogens with one attached hydrogen (secondary N) is 1. The lowest BCUT2D eigenvalue weighted by Gasteiger charge is -2.35. The zero-order valence-electron chi connectivity index (χ0n) is 14.9. The molecule has 3 aromatic rings. The lowest BCUT2D eigenvalue weighted by molar-refractivity contribution is -0.244. The molecule has 3 aromatic heterocycles. The van der Waals surface area contributed by atoms with Crippen LogP contribution in [-0.4, -0.2) is 53.3 Å². The van der Waals surface area contributed by atoms with Gasteiger partial charge in [0.1, 0.15) is 17.1 Å². The summed E-state index contributed by atoms with van der Waals surface area (Å²) < 4.78 is 7.64. The van der Waals surface area contributed by atoms with Gasteiger partial charge in [0.05, 0.1) is 35.1 Å². The van der Waals surface area contributed by atoms with Gasteiger partial charge in [-0.3, -0.25) is 4.68 Å². The van der Waals surface area contributed by atoms with Crippen LogP contribution in [-0.2, 0) is 17.8 Å². The predicted octanol–water partition coefficient (Wildman–Crippen LogP) is 2.38. The summed E-state index contributed by atoms with van der Waals surface area (Å²) in [7, 11) is 0. The lowest BCUT2D eigenvalue weighted by atomic mass is 10.1. The van der Waals surface area contributed by atoms with Crippen LogP contribution in [0.15, 0.2) is 18.6 Å². The summed E-state index contributed by atoms with van der Waals surface area (Å²) in [6.45, 7) is 7.64. The molecule has 0 amide bonds. The van der Waals surface area contributed by atoms with Crippen molar-refractivity contribution in [3.8, 4) is 11.3 Å². The van der Waals surface area contributed by atoms with Crippen LogP contribution in [0.2, 0.25) is 5.15 Å². The molecule has 26 heavy (non-hydrogen) atoms. The maximum Gasteiger partial charge on any atom is 0.217 e. The number of rotatable bonds is 3. The van der Waals surface area contributed by atoms with Gasteiger partial charge in [0, 0.05) is 18.7 Å². The molecule has 1 atom stereocenters. The number of halogens is 1. The van der Waals surface area contributed by atoms with Crippen molar-refractivity contribution >= 4 is 22.6 Å². The summed E-state index contributed by atoms with van der Waals surface area (Å²) in [5.74, 6) is 0. The highest BCUT2D eigenvalue weighted by atomic mass is 35.5. The molecule has 138 valence electrons. The Labute approximate surface area is 155 Å². The van der Waals surface area contributed by atoms with Crippen LogP contribution in [0, 0.1) is 0 Å². The van der Waals surface area contributed by atoms with Gasteiger partial charge >= 0.3 is 0 Å². The van der Waals surface area contributed by atoms with Crippen LogP contribution in [0.5, 0.6) is 0 Å². The van der Waals surface area contributed by atoms with Crippen molar-refractivity contribution in [3.05, 3.63) is 29.4 Å². The Morgan fingerprint density at radius 2 is 2.12 bits per heavy atom. The number of H-pyrrole nitrogens is 1. The molecule has 0 spiro atoms. The number of ether oxygens (including phenoxy) is 1. The summed E-state index contributed by atoms with van der Waals surface area (Å²) in [4.78, 5) is 13.4. The molecule has 1 unspecified atom stereocenters. The van der Waals surface area contributed by atoms with E-state index in [1.807, 2.05) is 42.6 Å². The molecule has 1 aliphatic rings. The molecule has 0 aromatic carbocycles. The third kappa shape index (κ3) is 3.21. The maximum atomic E-state index is 10.4. The van der Waals surface area contributed by atoms with E-state index in [0.29, 0.717) is 30.4 Å². The summed E-state index contributed by atoms with van der Waals surface area (Å²) in [6.07, 6.45) is 2.29. The fourth-order valence-electron chi connectivity index (χ4n) is 3.12. The number of aliphatic hydroxyl groups excluding tert-OH is 1. The molecule has 0 saturated heterocycles. The first-order valence-electron chi connectivity index (χ1n) is 8.46. The van der Waals surface area contributed by atoms with Crippen LogP contribution in [0.4, 0.5) is 0 Å². The highest BCUT2D eigenvalue weighted by Crippen LogP contribution is 2.31. The third-order valence-electron chi connectivity index (χ3n) is 4.34. The van der Waals surface area contributed by atoms with Gasteiger partial charge in [0.15, 0.2) is 0 Å². The summed E-state index contributed by atoms with van der Waals surface area (Å²) in [5.41, 5.74) is 3.09. The topological polar surface area (TPSA) is 92.1 Å². The molecule has 8 nitrogen and oxygen atoms in total. The number of hydrogen-bond donors (Lipinski definition) is 2. The smallest absolute Gasteiger partial charge is 0.217 e. The Bertz CT molecular complexity index is 945. The molecular weight excluding hydrogens is 356 g/mol. The van der Waals surface area contributed by atoms with E-state index in [4.69, 9.17) is 16.3 Å². The fraction of sp³-hybridized carbons (Fsp3) is 0.471. The van der Waals surface area contributed by atoms with Crippen molar-refractivity contribution in [1.82, 2.24) is 29.6 Å². The summed E-state index contributed by atoms with van der Waals surface area (Å²) in [6, 6.07) is 1.93. The average molecular weight is 377 g/mol. The molecule has 1 aliphatic heterocycles. The number of nitrogens with zero attached hydrogens (tertiary/aromatic N) is 5. The normalized spacial score (nSPS) is 16.8. The predicted molar refractivity (Wildman–Crippen MR) is 97.4 cm³/mol. The molecular formula is C17H21ClN6O2. The number of fused-ring (bicyclic) bond motifs is 2. The Hall–Kier alpha value is -2.00. The van der Waals surface area contributed by atoms with Gasteiger partial charge in [-0.1, -0.05) is 11.6 Å². The Kier molecular flexibility index (Phi) is 4.23. The second-order valence-corrected chi connectivity index (χ2v) is 7.72. The highest BCUT2D eigenvalue weighted by molar-refractivity contribution is 6.34.